The molecule has 0 N–H and O–H groups in total. The van der Waals surface area contributed by atoms with Crippen LogP contribution in [-0.2, 0) is 0 Å². The molecular weight excluding hydrogens is 300 g/mol. The first-order valence-corrected chi connectivity index (χ1v) is 10.4. The van der Waals surface area contributed by atoms with E-state index in [1.165, 1.54) is 38.5 Å². The Balaban J connectivity index is 1.76. The molecule has 4 aliphatic rings. The summed E-state index contributed by atoms with van der Waals surface area (Å²) in [7, 11) is 0. The summed E-state index contributed by atoms with van der Waals surface area (Å²) in [5.41, 5.74) is 4.14. The Morgan fingerprint density at radius 3 is 2.70 bits per heavy atom. The van der Waals surface area contributed by atoms with E-state index < -0.39 is 0 Å². The normalized spacial score (nSPS) is 52.1. The van der Waals surface area contributed by atoms with Crippen LogP contribution in [0.2, 0.25) is 0 Å². The Kier molecular flexibility index (Phi) is 3.80. The molecule has 0 aromatic carbocycles. The maximum atomic E-state index is 6.63. The lowest BCUT2D eigenvalue weighted by Gasteiger charge is -2.57. The molecule has 0 nitrogen and oxygen atoms in total. The molecule has 1 heteroatoms. The van der Waals surface area contributed by atoms with Gasteiger partial charge >= 0.3 is 0 Å². The van der Waals surface area contributed by atoms with Gasteiger partial charge in [0.05, 0.1) is 0 Å². The van der Waals surface area contributed by atoms with Crippen molar-refractivity contribution in [2.45, 2.75) is 78.0 Å². The third kappa shape index (κ3) is 2.16. The van der Waals surface area contributed by atoms with Gasteiger partial charge in [-0.15, -0.1) is 11.6 Å². The van der Waals surface area contributed by atoms with Crippen molar-refractivity contribution in [2.24, 2.45) is 34.5 Å². The van der Waals surface area contributed by atoms with Crippen molar-refractivity contribution in [1.29, 1.82) is 0 Å². The summed E-state index contributed by atoms with van der Waals surface area (Å²) in [6.07, 6.45) is 14.6. The van der Waals surface area contributed by atoms with E-state index in [0.717, 1.165) is 30.1 Å². The van der Waals surface area contributed by atoms with Gasteiger partial charge in [-0.3, -0.25) is 0 Å². The number of hydrogen-bond acceptors (Lipinski definition) is 0. The molecule has 4 rings (SSSR count). The van der Waals surface area contributed by atoms with Gasteiger partial charge in [0.25, 0.3) is 0 Å². The standard InChI is InChI=1S/C22H33Cl/c1-5-15-6-8-19-17-12-14(2)18-9-7-16(23)13-22(18,4)20(17)10-11-21(15,19)3/h9,12,15-17,19-20H,5-8,10-11,13H2,1-4H3/t15-,16-,17-,19-,20-,21+,22-/m0/s1. The first-order valence-electron chi connectivity index (χ1n) is 9.93. The number of allylic oxidation sites excluding steroid dienone is 4. The molecule has 0 radical (unpaired) electrons. The molecule has 0 aliphatic heterocycles. The van der Waals surface area contributed by atoms with Gasteiger partial charge in [0.1, 0.15) is 0 Å². The maximum absolute atomic E-state index is 6.63. The molecule has 0 amide bonds. The van der Waals surface area contributed by atoms with Crippen LogP contribution in [0.15, 0.2) is 23.3 Å². The van der Waals surface area contributed by atoms with E-state index in [4.69, 9.17) is 11.6 Å². The smallest absolute Gasteiger partial charge is 0.0379 e. The van der Waals surface area contributed by atoms with Gasteiger partial charge in [0.15, 0.2) is 0 Å². The predicted molar refractivity (Wildman–Crippen MR) is 99.6 cm³/mol. The summed E-state index contributed by atoms with van der Waals surface area (Å²) in [5, 5.41) is 0.343. The Bertz CT molecular complexity index is 558. The second-order valence-electron chi connectivity index (χ2n) is 9.44. The largest absolute Gasteiger partial charge is 0.123 e. The van der Waals surface area contributed by atoms with E-state index in [0.29, 0.717) is 16.2 Å². The minimum absolute atomic E-state index is 0.333. The zero-order valence-corrected chi connectivity index (χ0v) is 16.1. The van der Waals surface area contributed by atoms with E-state index in [1.54, 1.807) is 11.1 Å². The van der Waals surface area contributed by atoms with Crippen molar-refractivity contribution in [3.05, 3.63) is 23.3 Å². The number of hydrogen-bond donors (Lipinski definition) is 0. The van der Waals surface area contributed by atoms with E-state index >= 15 is 0 Å². The van der Waals surface area contributed by atoms with Crippen LogP contribution in [0.3, 0.4) is 0 Å². The lowest BCUT2D eigenvalue weighted by Crippen LogP contribution is -2.50. The number of halogens is 1. The van der Waals surface area contributed by atoms with Crippen molar-refractivity contribution in [3.63, 3.8) is 0 Å². The fourth-order valence-electron chi connectivity index (χ4n) is 7.42. The highest BCUT2D eigenvalue weighted by atomic mass is 35.5. The highest BCUT2D eigenvalue weighted by Gasteiger charge is 2.58. The van der Waals surface area contributed by atoms with Crippen LogP contribution in [0, 0.1) is 34.5 Å². The highest BCUT2D eigenvalue weighted by molar-refractivity contribution is 6.20. The highest BCUT2D eigenvalue weighted by Crippen LogP contribution is 2.66. The van der Waals surface area contributed by atoms with Crippen LogP contribution in [0.25, 0.3) is 0 Å². The average molecular weight is 333 g/mol. The molecule has 23 heavy (non-hydrogen) atoms. The Labute approximate surface area is 147 Å². The molecule has 128 valence electrons. The number of alkyl halides is 1. The van der Waals surface area contributed by atoms with Crippen LogP contribution in [0.1, 0.15) is 72.6 Å². The first kappa shape index (κ1) is 16.2. The quantitative estimate of drug-likeness (QED) is 0.466. The van der Waals surface area contributed by atoms with E-state index in [2.05, 4.69) is 39.8 Å². The van der Waals surface area contributed by atoms with Crippen LogP contribution >= 0.6 is 11.6 Å². The molecule has 0 spiro atoms. The van der Waals surface area contributed by atoms with Gasteiger partial charge in [-0.05, 0) is 85.5 Å². The summed E-state index contributed by atoms with van der Waals surface area (Å²) in [5.74, 6) is 3.50. The average Bonchev–Trinajstić information content (AvgIpc) is 2.83. The molecule has 0 unspecified atom stereocenters. The monoisotopic (exact) mass is 332 g/mol. The van der Waals surface area contributed by atoms with E-state index in [1.807, 2.05) is 0 Å². The van der Waals surface area contributed by atoms with Crippen LogP contribution in [0.4, 0.5) is 0 Å². The maximum Gasteiger partial charge on any atom is 0.0379 e. The predicted octanol–water partition coefficient (Wildman–Crippen LogP) is 6.75. The Hall–Kier alpha value is -0.230. The van der Waals surface area contributed by atoms with Gasteiger partial charge in [0.2, 0.25) is 0 Å². The number of rotatable bonds is 1. The molecular formula is C22H33Cl. The topological polar surface area (TPSA) is 0 Å². The zero-order valence-electron chi connectivity index (χ0n) is 15.4. The molecule has 4 aliphatic carbocycles. The third-order valence-electron chi connectivity index (χ3n) is 8.55. The van der Waals surface area contributed by atoms with Gasteiger partial charge in [-0.25, -0.2) is 0 Å². The van der Waals surface area contributed by atoms with Gasteiger partial charge in [-0.2, -0.15) is 0 Å². The first-order chi connectivity index (χ1) is 10.9. The molecule has 2 fully saturated rings. The van der Waals surface area contributed by atoms with Crippen molar-refractivity contribution in [1.82, 2.24) is 0 Å². The molecule has 0 saturated heterocycles. The minimum atomic E-state index is 0.333. The van der Waals surface area contributed by atoms with Crippen molar-refractivity contribution < 1.29 is 0 Å². The molecule has 0 heterocycles. The molecule has 0 bridgehead atoms. The van der Waals surface area contributed by atoms with Crippen LogP contribution < -0.4 is 0 Å². The Morgan fingerprint density at radius 1 is 1.17 bits per heavy atom. The Morgan fingerprint density at radius 2 is 1.96 bits per heavy atom. The molecule has 7 atom stereocenters. The second kappa shape index (κ2) is 5.38. The van der Waals surface area contributed by atoms with Gasteiger partial charge in [-0.1, -0.05) is 44.9 Å². The van der Waals surface area contributed by atoms with Crippen molar-refractivity contribution in [3.8, 4) is 0 Å². The fourth-order valence-corrected chi connectivity index (χ4v) is 7.83. The van der Waals surface area contributed by atoms with E-state index in [-0.39, 0.29) is 0 Å². The summed E-state index contributed by atoms with van der Waals surface area (Å²) in [6, 6.07) is 0. The van der Waals surface area contributed by atoms with Crippen molar-refractivity contribution >= 4 is 11.6 Å². The zero-order chi connectivity index (χ0) is 16.4. The SMILES string of the molecule is CC[C@H]1CC[C@H]2[C@@H]3C=C(C)C4=CC[C@H](Cl)C[C@]4(C)[C@H]3CC[C@]12C. The molecule has 0 aromatic rings. The summed E-state index contributed by atoms with van der Waals surface area (Å²) >= 11 is 6.63. The second-order valence-corrected chi connectivity index (χ2v) is 10.1. The fraction of sp³-hybridized carbons (Fsp3) is 0.818. The van der Waals surface area contributed by atoms with Crippen LogP contribution in [0.5, 0.6) is 0 Å². The van der Waals surface area contributed by atoms with Gasteiger partial charge < -0.3 is 0 Å². The lowest BCUT2D eigenvalue weighted by atomic mass is 9.47. The molecule has 0 aromatic heterocycles. The van der Waals surface area contributed by atoms with Crippen molar-refractivity contribution in [2.75, 3.05) is 0 Å². The summed E-state index contributed by atoms with van der Waals surface area (Å²) in [6.45, 7) is 9.94. The minimum Gasteiger partial charge on any atom is -0.123 e. The molecule has 2 saturated carbocycles. The van der Waals surface area contributed by atoms with E-state index in [9.17, 15) is 0 Å². The van der Waals surface area contributed by atoms with Crippen LogP contribution in [-0.4, -0.2) is 5.38 Å². The van der Waals surface area contributed by atoms with Gasteiger partial charge in [0, 0.05) is 5.38 Å². The lowest BCUT2D eigenvalue weighted by molar-refractivity contribution is -0.0163. The summed E-state index contributed by atoms with van der Waals surface area (Å²) < 4.78 is 0. The third-order valence-corrected chi connectivity index (χ3v) is 8.88. The number of fused-ring (bicyclic) bond motifs is 5. The summed E-state index contributed by atoms with van der Waals surface area (Å²) in [4.78, 5) is 0.